The van der Waals surface area contributed by atoms with E-state index in [1.165, 1.54) is 53.4 Å². The van der Waals surface area contributed by atoms with Gasteiger partial charge in [0.05, 0.1) is 2.88 Å². The molecular formula is C14H24INS. The van der Waals surface area contributed by atoms with Crippen molar-refractivity contribution >= 4 is 33.9 Å². The third kappa shape index (κ3) is 6.77. The van der Waals surface area contributed by atoms with Gasteiger partial charge in [0.1, 0.15) is 0 Å². The van der Waals surface area contributed by atoms with E-state index in [-0.39, 0.29) is 6.04 Å². The minimum Gasteiger partial charge on any atom is -0.324 e. The van der Waals surface area contributed by atoms with E-state index in [2.05, 4.69) is 41.0 Å². The van der Waals surface area contributed by atoms with E-state index in [0.29, 0.717) is 0 Å². The summed E-state index contributed by atoms with van der Waals surface area (Å²) >= 11 is 4.15. The Morgan fingerprint density at radius 1 is 1.18 bits per heavy atom. The highest BCUT2D eigenvalue weighted by molar-refractivity contribution is 14.1. The second kappa shape index (κ2) is 9.34. The average molecular weight is 365 g/mol. The Labute approximate surface area is 123 Å². The van der Waals surface area contributed by atoms with E-state index in [4.69, 9.17) is 5.73 Å². The van der Waals surface area contributed by atoms with E-state index in [1.54, 1.807) is 11.3 Å². The molecule has 1 rings (SSSR count). The highest BCUT2D eigenvalue weighted by Crippen LogP contribution is 2.24. The maximum absolute atomic E-state index is 6.17. The molecule has 2 N–H and O–H groups in total. The molecule has 1 heterocycles. The van der Waals surface area contributed by atoms with Gasteiger partial charge in [-0.15, -0.1) is 11.3 Å². The number of hydrogen-bond donors (Lipinski definition) is 1. The monoisotopic (exact) mass is 365 g/mol. The lowest BCUT2D eigenvalue weighted by Gasteiger charge is -2.09. The molecule has 0 fully saturated rings. The molecule has 0 amide bonds. The summed E-state index contributed by atoms with van der Waals surface area (Å²) in [5.74, 6) is 0. The number of thiophene rings is 1. The van der Waals surface area contributed by atoms with Crippen molar-refractivity contribution in [3.8, 4) is 0 Å². The van der Waals surface area contributed by atoms with Gasteiger partial charge in [-0.25, -0.2) is 0 Å². The Kier molecular flexibility index (Phi) is 8.48. The molecule has 3 heteroatoms. The van der Waals surface area contributed by atoms with Crippen LogP contribution in [0.4, 0.5) is 0 Å². The van der Waals surface area contributed by atoms with Crippen molar-refractivity contribution in [3.63, 3.8) is 0 Å². The van der Waals surface area contributed by atoms with E-state index in [0.717, 1.165) is 6.42 Å². The van der Waals surface area contributed by atoms with Crippen LogP contribution < -0.4 is 5.73 Å². The summed E-state index contributed by atoms with van der Waals surface area (Å²) in [6.45, 7) is 2.27. The van der Waals surface area contributed by atoms with Gasteiger partial charge >= 0.3 is 0 Å². The zero-order chi connectivity index (χ0) is 12.5. The Morgan fingerprint density at radius 2 is 1.82 bits per heavy atom. The zero-order valence-electron chi connectivity index (χ0n) is 10.8. The summed E-state index contributed by atoms with van der Waals surface area (Å²) in [6.07, 6.45) is 10.7. The molecule has 17 heavy (non-hydrogen) atoms. The Balaban J connectivity index is 2.03. The first-order valence-corrected chi connectivity index (χ1v) is 8.69. The summed E-state index contributed by atoms with van der Waals surface area (Å²) < 4.78 is 1.34. The molecule has 0 aliphatic heterocycles. The van der Waals surface area contributed by atoms with Crippen LogP contribution in [0.5, 0.6) is 0 Å². The predicted octanol–water partition coefficient (Wildman–Crippen LogP) is 5.49. The standard InChI is InChI=1S/C14H24INS/c1-2-3-4-5-6-7-8-9-13(16)12-10-14(15)17-11-12/h10-11,13H,2-9,16H2,1H3. The molecule has 0 aromatic carbocycles. The predicted molar refractivity (Wildman–Crippen MR) is 86.6 cm³/mol. The fraction of sp³-hybridized carbons (Fsp3) is 0.714. The van der Waals surface area contributed by atoms with Gasteiger partial charge in [0.2, 0.25) is 0 Å². The van der Waals surface area contributed by atoms with Gasteiger partial charge in [-0.2, -0.15) is 0 Å². The highest BCUT2D eigenvalue weighted by atomic mass is 127. The van der Waals surface area contributed by atoms with Crippen molar-refractivity contribution in [1.82, 2.24) is 0 Å². The van der Waals surface area contributed by atoms with Crippen LogP contribution in [-0.2, 0) is 0 Å². The van der Waals surface area contributed by atoms with Crippen LogP contribution in [0.1, 0.15) is 69.9 Å². The van der Waals surface area contributed by atoms with Gasteiger partial charge in [0, 0.05) is 6.04 Å². The molecule has 1 aromatic heterocycles. The molecule has 1 atom stereocenters. The lowest BCUT2D eigenvalue weighted by Crippen LogP contribution is -2.08. The van der Waals surface area contributed by atoms with Crippen LogP contribution in [-0.4, -0.2) is 0 Å². The number of unbranched alkanes of at least 4 members (excludes halogenated alkanes) is 6. The van der Waals surface area contributed by atoms with Crippen LogP contribution in [0.25, 0.3) is 0 Å². The Morgan fingerprint density at radius 3 is 2.41 bits per heavy atom. The van der Waals surface area contributed by atoms with Gasteiger partial charge in [0.15, 0.2) is 0 Å². The lowest BCUT2D eigenvalue weighted by atomic mass is 10.0. The minimum atomic E-state index is 0.255. The summed E-state index contributed by atoms with van der Waals surface area (Å²) in [7, 11) is 0. The van der Waals surface area contributed by atoms with Gasteiger partial charge in [-0.05, 0) is 46.0 Å². The molecule has 0 aliphatic rings. The van der Waals surface area contributed by atoms with Gasteiger partial charge in [0.25, 0.3) is 0 Å². The number of rotatable bonds is 9. The summed E-state index contributed by atoms with van der Waals surface area (Å²) in [5.41, 5.74) is 7.50. The van der Waals surface area contributed by atoms with Gasteiger partial charge in [-0.3, -0.25) is 0 Å². The molecule has 1 nitrogen and oxygen atoms in total. The first kappa shape index (κ1) is 15.4. The first-order chi connectivity index (χ1) is 8.24. The van der Waals surface area contributed by atoms with Gasteiger partial charge in [-0.1, -0.05) is 51.9 Å². The minimum absolute atomic E-state index is 0.255. The number of hydrogen-bond acceptors (Lipinski definition) is 2. The Hall–Kier alpha value is 0.390. The zero-order valence-corrected chi connectivity index (χ0v) is 13.7. The van der Waals surface area contributed by atoms with E-state index in [1.807, 2.05) is 0 Å². The van der Waals surface area contributed by atoms with E-state index in [9.17, 15) is 0 Å². The van der Waals surface area contributed by atoms with Crippen molar-refractivity contribution in [1.29, 1.82) is 0 Å². The third-order valence-corrected chi connectivity index (χ3v) is 4.94. The molecule has 98 valence electrons. The Bertz CT molecular complexity index is 298. The molecule has 0 saturated carbocycles. The van der Waals surface area contributed by atoms with E-state index >= 15 is 0 Å². The normalized spacial score (nSPS) is 12.9. The molecule has 0 bridgehead atoms. The summed E-state index contributed by atoms with van der Waals surface area (Å²) in [4.78, 5) is 0. The molecule has 0 spiro atoms. The second-order valence-electron chi connectivity index (χ2n) is 4.70. The van der Waals surface area contributed by atoms with Crippen LogP contribution in [0.3, 0.4) is 0 Å². The third-order valence-electron chi connectivity index (χ3n) is 3.13. The fourth-order valence-electron chi connectivity index (χ4n) is 2.01. The lowest BCUT2D eigenvalue weighted by molar-refractivity contribution is 0.541. The average Bonchev–Trinajstić information content (AvgIpc) is 2.74. The molecule has 0 aliphatic carbocycles. The largest absolute Gasteiger partial charge is 0.324 e. The molecule has 1 aromatic rings. The van der Waals surface area contributed by atoms with Crippen molar-refractivity contribution in [2.24, 2.45) is 5.73 Å². The van der Waals surface area contributed by atoms with Crippen LogP contribution in [0.15, 0.2) is 11.4 Å². The number of halogens is 1. The summed E-state index contributed by atoms with van der Waals surface area (Å²) in [6, 6.07) is 2.47. The molecule has 1 unspecified atom stereocenters. The van der Waals surface area contributed by atoms with E-state index < -0.39 is 0 Å². The molecule has 0 radical (unpaired) electrons. The SMILES string of the molecule is CCCCCCCCCC(N)c1csc(I)c1. The van der Waals surface area contributed by atoms with Crippen LogP contribution in [0, 0.1) is 2.88 Å². The van der Waals surface area contributed by atoms with Crippen molar-refractivity contribution in [3.05, 3.63) is 19.9 Å². The first-order valence-electron chi connectivity index (χ1n) is 6.73. The smallest absolute Gasteiger partial charge is 0.0656 e. The molecular weight excluding hydrogens is 341 g/mol. The quantitative estimate of drug-likeness (QED) is 0.454. The fourth-order valence-corrected chi connectivity index (χ4v) is 3.44. The van der Waals surface area contributed by atoms with Crippen molar-refractivity contribution < 1.29 is 0 Å². The van der Waals surface area contributed by atoms with Crippen molar-refractivity contribution in [2.45, 2.75) is 64.3 Å². The van der Waals surface area contributed by atoms with Crippen LogP contribution in [0.2, 0.25) is 0 Å². The highest BCUT2D eigenvalue weighted by Gasteiger charge is 2.07. The second-order valence-corrected chi connectivity index (χ2v) is 7.51. The maximum atomic E-state index is 6.17. The number of nitrogens with two attached hydrogens (primary N) is 1. The van der Waals surface area contributed by atoms with Crippen LogP contribution >= 0.6 is 33.9 Å². The van der Waals surface area contributed by atoms with Crippen molar-refractivity contribution in [2.75, 3.05) is 0 Å². The topological polar surface area (TPSA) is 26.0 Å². The summed E-state index contributed by atoms with van der Waals surface area (Å²) in [5, 5.41) is 2.20. The maximum Gasteiger partial charge on any atom is 0.0656 e. The molecule has 0 saturated heterocycles. The van der Waals surface area contributed by atoms with Gasteiger partial charge < -0.3 is 5.73 Å².